The van der Waals surface area contributed by atoms with E-state index in [0.717, 1.165) is 0 Å². The van der Waals surface area contributed by atoms with Gasteiger partial charge in [0.05, 0.1) is 4.90 Å². The monoisotopic (exact) mass is 263 g/mol. The molecule has 0 atom stereocenters. The first-order valence-electron chi connectivity index (χ1n) is 3.22. The minimum absolute atomic E-state index is 0.0527. The lowest BCUT2D eigenvalue weighted by molar-refractivity contribution is 0.112. The quantitative estimate of drug-likeness (QED) is 0.806. The average molecular weight is 264 g/mol. The van der Waals surface area contributed by atoms with Crippen LogP contribution < -0.4 is 5.14 Å². The normalized spacial score (nSPS) is 11.2. The molecule has 13 heavy (non-hydrogen) atoms. The van der Waals surface area contributed by atoms with Gasteiger partial charge in [0.2, 0.25) is 10.0 Å². The van der Waals surface area contributed by atoms with Crippen molar-refractivity contribution >= 4 is 32.2 Å². The van der Waals surface area contributed by atoms with Crippen LogP contribution in [0.4, 0.5) is 0 Å². The molecule has 0 aliphatic heterocycles. The van der Waals surface area contributed by atoms with E-state index in [2.05, 4.69) is 15.9 Å². The van der Waals surface area contributed by atoms with Crippen molar-refractivity contribution in [1.82, 2.24) is 0 Å². The fraction of sp³-hybridized carbons (Fsp3) is 0. The summed E-state index contributed by atoms with van der Waals surface area (Å²) in [5.41, 5.74) is 0.0527. The zero-order valence-corrected chi connectivity index (χ0v) is 8.80. The number of benzene rings is 1. The van der Waals surface area contributed by atoms with Gasteiger partial charge in [-0.2, -0.15) is 0 Å². The van der Waals surface area contributed by atoms with Crippen LogP contribution in [0.3, 0.4) is 0 Å². The Labute approximate surface area is 83.9 Å². The maximum atomic E-state index is 10.9. The molecule has 1 aromatic rings. The number of nitrogens with two attached hydrogens (primary N) is 1. The van der Waals surface area contributed by atoms with Crippen LogP contribution in [0.15, 0.2) is 27.6 Å². The third kappa shape index (κ3) is 2.36. The van der Waals surface area contributed by atoms with E-state index in [-0.39, 0.29) is 10.5 Å². The van der Waals surface area contributed by atoms with Gasteiger partial charge in [-0.15, -0.1) is 0 Å². The van der Waals surface area contributed by atoms with Crippen molar-refractivity contribution in [2.24, 2.45) is 5.14 Å². The van der Waals surface area contributed by atoms with Crippen molar-refractivity contribution in [2.75, 3.05) is 0 Å². The summed E-state index contributed by atoms with van der Waals surface area (Å²) in [4.78, 5) is 10.3. The third-order valence-electron chi connectivity index (χ3n) is 1.41. The first-order chi connectivity index (χ1) is 5.95. The van der Waals surface area contributed by atoms with E-state index >= 15 is 0 Å². The van der Waals surface area contributed by atoms with Gasteiger partial charge < -0.3 is 0 Å². The van der Waals surface area contributed by atoms with Gasteiger partial charge in [0.1, 0.15) is 0 Å². The van der Waals surface area contributed by atoms with Crippen molar-refractivity contribution in [3.8, 4) is 0 Å². The number of hydrogen-bond donors (Lipinski definition) is 1. The number of carbonyl (C=O) groups excluding carboxylic acids is 1. The summed E-state index contributed by atoms with van der Waals surface area (Å²) in [6, 6.07) is 4.18. The van der Waals surface area contributed by atoms with Crippen molar-refractivity contribution in [1.29, 1.82) is 0 Å². The van der Waals surface area contributed by atoms with Crippen molar-refractivity contribution < 1.29 is 13.2 Å². The SMILES string of the molecule is NS(=O)(=O)c1ccc(Br)cc1C=O. The topological polar surface area (TPSA) is 77.2 Å². The number of hydrogen-bond acceptors (Lipinski definition) is 3. The number of primary sulfonamides is 1. The van der Waals surface area contributed by atoms with Gasteiger partial charge in [0, 0.05) is 10.0 Å². The standard InChI is InChI=1S/C7H6BrNO3S/c8-6-1-2-7(13(9,11)12)5(3-6)4-10/h1-4H,(H2,9,11,12). The summed E-state index contributed by atoms with van der Waals surface area (Å²) < 4.78 is 22.5. The molecule has 2 N–H and O–H groups in total. The summed E-state index contributed by atoms with van der Waals surface area (Å²) in [6.45, 7) is 0. The molecule has 0 radical (unpaired) electrons. The minimum atomic E-state index is -3.81. The lowest BCUT2D eigenvalue weighted by Gasteiger charge is -2.01. The zero-order chi connectivity index (χ0) is 10.1. The van der Waals surface area contributed by atoms with E-state index in [9.17, 15) is 13.2 Å². The van der Waals surface area contributed by atoms with Gasteiger partial charge in [-0.25, -0.2) is 13.6 Å². The molecule has 4 nitrogen and oxygen atoms in total. The Hall–Kier alpha value is -0.720. The number of rotatable bonds is 2. The molecule has 1 aromatic carbocycles. The molecule has 0 amide bonds. The van der Waals surface area contributed by atoms with Crippen molar-refractivity contribution in [3.63, 3.8) is 0 Å². The van der Waals surface area contributed by atoms with E-state index in [4.69, 9.17) is 5.14 Å². The number of sulfonamides is 1. The molecule has 6 heteroatoms. The molecule has 0 aromatic heterocycles. The van der Waals surface area contributed by atoms with E-state index in [0.29, 0.717) is 10.8 Å². The highest BCUT2D eigenvalue weighted by Crippen LogP contribution is 2.18. The lowest BCUT2D eigenvalue weighted by atomic mass is 10.2. The van der Waals surface area contributed by atoms with E-state index in [1.165, 1.54) is 18.2 Å². The molecule has 0 fully saturated rings. The highest BCUT2D eigenvalue weighted by Gasteiger charge is 2.12. The van der Waals surface area contributed by atoms with Crippen LogP contribution in [0, 0.1) is 0 Å². The Morgan fingerprint density at radius 1 is 1.38 bits per heavy atom. The summed E-state index contributed by atoms with van der Waals surface area (Å²) in [5.74, 6) is 0. The molecule has 0 saturated carbocycles. The van der Waals surface area contributed by atoms with Gasteiger partial charge in [-0.05, 0) is 18.2 Å². The van der Waals surface area contributed by atoms with Gasteiger partial charge in [-0.3, -0.25) is 4.79 Å². The molecule has 1 rings (SSSR count). The largest absolute Gasteiger partial charge is 0.298 e. The fourth-order valence-corrected chi connectivity index (χ4v) is 1.94. The van der Waals surface area contributed by atoms with Crippen LogP contribution in [-0.4, -0.2) is 14.7 Å². The second-order valence-corrected chi connectivity index (χ2v) is 4.79. The van der Waals surface area contributed by atoms with Crippen LogP contribution in [0.25, 0.3) is 0 Å². The summed E-state index contributed by atoms with van der Waals surface area (Å²) in [5, 5.41) is 4.88. The van der Waals surface area contributed by atoms with E-state index in [1.807, 2.05) is 0 Å². The molecule has 0 heterocycles. The molecule has 0 aliphatic rings. The Morgan fingerprint density at radius 3 is 2.46 bits per heavy atom. The molecule has 0 saturated heterocycles. The zero-order valence-electron chi connectivity index (χ0n) is 6.40. The first kappa shape index (κ1) is 10.4. The van der Waals surface area contributed by atoms with Gasteiger partial charge in [0.15, 0.2) is 6.29 Å². The predicted molar refractivity (Wildman–Crippen MR) is 50.9 cm³/mol. The maximum absolute atomic E-state index is 10.9. The minimum Gasteiger partial charge on any atom is -0.298 e. The Kier molecular flexibility index (Phi) is 2.84. The molecule has 0 spiro atoms. The van der Waals surface area contributed by atoms with Crippen LogP contribution in [-0.2, 0) is 10.0 Å². The predicted octanol–water partition coefficient (Wildman–Crippen LogP) is 0.909. The summed E-state index contributed by atoms with van der Waals surface area (Å²) in [7, 11) is -3.81. The third-order valence-corrected chi connectivity index (χ3v) is 2.88. The maximum Gasteiger partial charge on any atom is 0.238 e. The fourth-order valence-electron chi connectivity index (χ4n) is 0.871. The molecular weight excluding hydrogens is 258 g/mol. The highest BCUT2D eigenvalue weighted by atomic mass is 79.9. The van der Waals surface area contributed by atoms with Crippen LogP contribution in [0.1, 0.15) is 10.4 Å². The number of carbonyl (C=O) groups is 1. The lowest BCUT2D eigenvalue weighted by Crippen LogP contribution is -2.14. The summed E-state index contributed by atoms with van der Waals surface area (Å²) >= 11 is 3.11. The van der Waals surface area contributed by atoms with Gasteiger partial charge in [0.25, 0.3) is 0 Å². The molecule has 0 aliphatic carbocycles. The molecule has 70 valence electrons. The van der Waals surface area contributed by atoms with Gasteiger partial charge >= 0.3 is 0 Å². The van der Waals surface area contributed by atoms with Crippen molar-refractivity contribution in [3.05, 3.63) is 28.2 Å². The van der Waals surface area contributed by atoms with Crippen LogP contribution >= 0.6 is 15.9 Å². The highest BCUT2D eigenvalue weighted by molar-refractivity contribution is 9.10. The molecule has 0 bridgehead atoms. The second-order valence-electron chi connectivity index (χ2n) is 2.35. The number of halogens is 1. The van der Waals surface area contributed by atoms with Crippen LogP contribution in [0.5, 0.6) is 0 Å². The number of aldehydes is 1. The second kappa shape index (κ2) is 3.57. The summed E-state index contributed by atoms with van der Waals surface area (Å²) in [6.07, 6.45) is 0.449. The van der Waals surface area contributed by atoms with Crippen molar-refractivity contribution in [2.45, 2.75) is 4.90 Å². The van der Waals surface area contributed by atoms with Crippen LogP contribution in [0.2, 0.25) is 0 Å². The van der Waals surface area contributed by atoms with E-state index < -0.39 is 10.0 Å². The Morgan fingerprint density at radius 2 is 2.00 bits per heavy atom. The molecule has 0 unspecified atom stereocenters. The first-order valence-corrected chi connectivity index (χ1v) is 5.56. The smallest absolute Gasteiger partial charge is 0.238 e. The van der Waals surface area contributed by atoms with Gasteiger partial charge in [-0.1, -0.05) is 15.9 Å². The Balaban J connectivity index is 3.47. The Bertz CT molecular complexity index is 441. The molecular formula is C7H6BrNO3S. The van der Waals surface area contributed by atoms with E-state index in [1.54, 1.807) is 0 Å². The average Bonchev–Trinajstić information content (AvgIpc) is 2.01.